The van der Waals surface area contributed by atoms with Crippen LogP contribution in [0.1, 0.15) is 92.9 Å². The second-order valence-electron chi connectivity index (χ2n) is 16.6. The van der Waals surface area contributed by atoms with Crippen LogP contribution in [-0.4, -0.2) is 66.1 Å². The van der Waals surface area contributed by atoms with Crippen LogP contribution in [0.4, 0.5) is 17.6 Å². The minimum absolute atomic E-state index is 0.0580. The molecular formula is C50H52F4N2O7. The molecule has 0 amide bonds. The molecule has 0 aliphatic carbocycles. The Kier molecular flexibility index (Phi) is 13.6. The Bertz CT molecular complexity index is 2660. The van der Waals surface area contributed by atoms with Gasteiger partial charge in [0, 0.05) is 57.4 Å². The van der Waals surface area contributed by atoms with E-state index in [-0.39, 0.29) is 23.3 Å². The SMILES string of the molecule is CCCCC(CC)Cn1c2ccc(C(=NOC(C)=O)c3ccc(OCC(F)(F)C(F)F)cc3)cc2c2cc(C(=O)c3ccc(OCC4COC(C)(C)O4)cc3C)c3ccccc3c21. The molecule has 1 aliphatic heterocycles. The van der Waals surface area contributed by atoms with Crippen LogP contribution < -0.4 is 9.47 Å². The normalized spacial score (nSPS) is 16.0. The van der Waals surface area contributed by atoms with Crippen LogP contribution in [-0.2, 0) is 25.7 Å². The van der Waals surface area contributed by atoms with Crippen molar-refractivity contribution in [1.82, 2.24) is 4.57 Å². The fourth-order valence-electron chi connectivity index (χ4n) is 8.16. The van der Waals surface area contributed by atoms with Crippen molar-refractivity contribution in [2.24, 2.45) is 11.1 Å². The standard InChI is InChI=1S/C50H52F4N2O7/c1-7-9-12-32(8-2)26-56-44-22-17-34(45(55-63-31(4)57)33-15-18-35(19-16-33)60-29-50(53,54)48(51)52)24-41(44)42-25-43(39-13-10-11-14-40(39)46(42)56)47(58)38-21-20-36(23-30(38)3)59-27-37-28-61-49(5,6)62-37/h10-11,13-25,32,37,48H,7-9,12,26-29H2,1-6H3. The molecule has 1 aliphatic rings. The minimum Gasteiger partial charge on any atom is -0.491 e. The number of ketones is 1. The quantitative estimate of drug-likeness (QED) is 0.0279. The van der Waals surface area contributed by atoms with E-state index in [1.165, 1.54) is 31.2 Å². The molecule has 5 aromatic carbocycles. The molecule has 0 N–H and O–H groups in total. The highest BCUT2D eigenvalue weighted by molar-refractivity contribution is 6.26. The van der Waals surface area contributed by atoms with Gasteiger partial charge in [0.25, 0.3) is 0 Å². The van der Waals surface area contributed by atoms with E-state index < -0.39 is 30.7 Å². The number of carbonyl (C=O) groups is 2. The van der Waals surface area contributed by atoms with Crippen LogP contribution in [0.15, 0.2) is 96.2 Å². The van der Waals surface area contributed by atoms with Gasteiger partial charge in [0.2, 0.25) is 0 Å². The van der Waals surface area contributed by atoms with Gasteiger partial charge in [-0.2, -0.15) is 8.78 Å². The number of benzene rings is 5. The molecule has 13 heteroatoms. The van der Waals surface area contributed by atoms with E-state index in [1.807, 2.05) is 75.4 Å². The molecule has 0 spiro atoms. The lowest BCUT2D eigenvalue weighted by atomic mass is 9.92. The van der Waals surface area contributed by atoms with Gasteiger partial charge in [0.05, 0.1) is 12.1 Å². The third kappa shape index (κ3) is 10.0. The fraction of sp³-hybridized carbons (Fsp3) is 0.380. The summed E-state index contributed by atoms with van der Waals surface area (Å²) in [6.07, 6.45) is 0.117. The summed E-state index contributed by atoms with van der Waals surface area (Å²) in [4.78, 5) is 32.0. The largest absolute Gasteiger partial charge is 0.491 e. The van der Waals surface area contributed by atoms with Crippen LogP contribution in [0.2, 0.25) is 0 Å². The van der Waals surface area contributed by atoms with Crippen LogP contribution in [0.25, 0.3) is 32.6 Å². The summed E-state index contributed by atoms with van der Waals surface area (Å²) in [5, 5.41) is 7.61. The van der Waals surface area contributed by atoms with Gasteiger partial charge in [-0.25, -0.2) is 13.6 Å². The Balaban J connectivity index is 1.33. The van der Waals surface area contributed by atoms with Gasteiger partial charge in [-0.1, -0.05) is 68.6 Å². The highest BCUT2D eigenvalue weighted by atomic mass is 19.3. The molecule has 2 unspecified atom stereocenters. The number of ether oxygens (including phenoxy) is 4. The first-order chi connectivity index (χ1) is 30.1. The van der Waals surface area contributed by atoms with Crippen molar-refractivity contribution in [2.75, 3.05) is 19.8 Å². The van der Waals surface area contributed by atoms with E-state index in [9.17, 15) is 27.2 Å². The number of oxime groups is 1. The van der Waals surface area contributed by atoms with Crippen LogP contribution in [0, 0.1) is 12.8 Å². The van der Waals surface area contributed by atoms with Crippen LogP contribution >= 0.6 is 0 Å². The number of hydrogen-bond acceptors (Lipinski definition) is 8. The Morgan fingerprint density at radius 2 is 1.59 bits per heavy atom. The minimum atomic E-state index is -4.32. The Labute approximate surface area is 363 Å². The molecule has 7 rings (SSSR count). The molecule has 332 valence electrons. The number of alkyl halides is 4. The number of rotatable bonds is 18. The van der Waals surface area contributed by atoms with Crippen molar-refractivity contribution in [3.8, 4) is 11.5 Å². The van der Waals surface area contributed by atoms with Gasteiger partial charge >= 0.3 is 18.3 Å². The molecule has 1 aromatic heterocycles. The highest BCUT2D eigenvalue weighted by Gasteiger charge is 2.41. The Morgan fingerprint density at radius 1 is 0.873 bits per heavy atom. The Hall–Kier alpha value is -5.79. The van der Waals surface area contributed by atoms with Crippen LogP contribution in [0.5, 0.6) is 11.5 Å². The van der Waals surface area contributed by atoms with Crippen LogP contribution in [0.3, 0.4) is 0 Å². The smallest absolute Gasteiger partial charge is 0.340 e. The number of unbranched alkanes of at least 4 members (excludes halogenated alkanes) is 1. The maximum absolute atomic E-state index is 14.8. The second-order valence-corrected chi connectivity index (χ2v) is 16.6. The van der Waals surface area contributed by atoms with Gasteiger partial charge in [-0.05, 0) is 105 Å². The first kappa shape index (κ1) is 45.2. The third-order valence-corrected chi connectivity index (χ3v) is 11.5. The van der Waals surface area contributed by atoms with Crippen molar-refractivity contribution in [1.29, 1.82) is 0 Å². The molecular weight excluding hydrogens is 817 g/mol. The molecule has 9 nitrogen and oxygen atoms in total. The van der Waals surface area contributed by atoms with E-state index in [0.717, 1.165) is 70.4 Å². The zero-order chi connectivity index (χ0) is 45.1. The number of halogens is 4. The molecule has 2 atom stereocenters. The molecule has 63 heavy (non-hydrogen) atoms. The summed E-state index contributed by atoms with van der Waals surface area (Å²) in [5.74, 6) is -4.86. The third-order valence-electron chi connectivity index (χ3n) is 11.5. The van der Waals surface area contributed by atoms with Gasteiger partial charge in [-0.15, -0.1) is 0 Å². The van der Waals surface area contributed by atoms with Crippen molar-refractivity contribution in [2.45, 2.75) is 98.0 Å². The number of aryl methyl sites for hydroxylation is 1. The molecule has 1 saturated heterocycles. The lowest BCUT2D eigenvalue weighted by Gasteiger charge is -2.19. The number of carbonyl (C=O) groups excluding carboxylic acids is 2. The molecule has 0 radical (unpaired) electrons. The van der Waals surface area contributed by atoms with E-state index in [0.29, 0.717) is 47.1 Å². The summed E-state index contributed by atoms with van der Waals surface area (Å²) >= 11 is 0. The molecule has 1 fully saturated rings. The van der Waals surface area contributed by atoms with Crippen molar-refractivity contribution in [3.05, 3.63) is 119 Å². The Morgan fingerprint density at radius 3 is 2.24 bits per heavy atom. The summed E-state index contributed by atoms with van der Waals surface area (Å²) in [7, 11) is 0. The summed E-state index contributed by atoms with van der Waals surface area (Å²) in [6, 6.07) is 26.9. The lowest BCUT2D eigenvalue weighted by molar-refractivity contribution is -0.148. The first-order valence-corrected chi connectivity index (χ1v) is 21.3. The van der Waals surface area contributed by atoms with Gasteiger partial charge in [-0.3, -0.25) is 4.79 Å². The fourth-order valence-corrected chi connectivity index (χ4v) is 8.16. The predicted octanol–water partition coefficient (Wildman–Crippen LogP) is 11.8. The van der Waals surface area contributed by atoms with E-state index in [1.54, 1.807) is 12.1 Å². The number of aromatic nitrogens is 1. The average Bonchev–Trinajstić information content (AvgIpc) is 3.78. The summed E-state index contributed by atoms with van der Waals surface area (Å²) in [6.45, 7) is 11.2. The van der Waals surface area contributed by atoms with Crippen molar-refractivity contribution < 1.29 is 50.9 Å². The monoisotopic (exact) mass is 868 g/mol. The molecule has 0 bridgehead atoms. The molecule has 2 heterocycles. The summed E-state index contributed by atoms with van der Waals surface area (Å²) < 4.78 is 77.7. The number of nitrogens with zero attached hydrogens (tertiary/aromatic N) is 2. The van der Waals surface area contributed by atoms with E-state index >= 15 is 0 Å². The zero-order valence-corrected chi connectivity index (χ0v) is 36.3. The lowest BCUT2D eigenvalue weighted by Crippen LogP contribution is -2.33. The summed E-state index contributed by atoms with van der Waals surface area (Å²) in [5.41, 5.74) is 4.97. The molecule has 6 aromatic rings. The number of fused-ring (bicyclic) bond motifs is 5. The van der Waals surface area contributed by atoms with E-state index in [2.05, 4.69) is 23.6 Å². The zero-order valence-electron chi connectivity index (χ0n) is 36.3. The van der Waals surface area contributed by atoms with Gasteiger partial charge in [0.15, 0.2) is 18.2 Å². The maximum atomic E-state index is 14.8. The first-order valence-electron chi connectivity index (χ1n) is 21.3. The maximum Gasteiger partial charge on any atom is 0.340 e. The molecule has 0 saturated carbocycles. The topological polar surface area (TPSA) is 97.6 Å². The second kappa shape index (κ2) is 18.9. The highest BCUT2D eigenvalue weighted by Crippen LogP contribution is 2.39. The number of hydrogen-bond donors (Lipinski definition) is 0. The van der Waals surface area contributed by atoms with Gasteiger partial charge in [0.1, 0.15) is 29.9 Å². The average molecular weight is 869 g/mol. The predicted molar refractivity (Wildman–Crippen MR) is 236 cm³/mol. The van der Waals surface area contributed by atoms with Gasteiger partial charge < -0.3 is 28.4 Å². The van der Waals surface area contributed by atoms with Crippen molar-refractivity contribution >= 4 is 50.0 Å². The van der Waals surface area contributed by atoms with E-state index in [4.69, 9.17) is 23.8 Å². The van der Waals surface area contributed by atoms with Crippen molar-refractivity contribution in [3.63, 3.8) is 0 Å².